The quantitative estimate of drug-likeness (QED) is 0.494. The molecule has 1 fully saturated rings. The second-order valence-electron chi connectivity index (χ2n) is 2.40. The molecule has 2 atom stereocenters. The molecule has 0 amide bonds. The molecule has 0 aromatic carbocycles. The van der Waals surface area contributed by atoms with Crippen LogP contribution in [0.1, 0.15) is 6.42 Å². The molecule has 1 aliphatic heterocycles. The molecule has 0 aromatic rings. The van der Waals surface area contributed by atoms with Gasteiger partial charge in [0.2, 0.25) is 0 Å². The van der Waals surface area contributed by atoms with Gasteiger partial charge in [-0.1, -0.05) is 0 Å². The second kappa shape index (κ2) is 2.81. The number of nitriles is 1. The summed E-state index contributed by atoms with van der Waals surface area (Å²) >= 11 is 0. The van der Waals surface area contributed by atoms with E-state index in [2.05, 4.69) is 11.4 Å². The minimum atomic E-state index is 0.193. The SMILES string of the molecule is N#C[C@@H]1CN[C@@H](CN)C1. The number of hydrogen-bond acceptors (Lipinski definition) is 3. The summed E-state index contributed by atoms with van der Waals surface area (Å²) in [6.07, 6.45) is 0.924. The van der Waals surface area contributed by atoms with Crippen molar-refractivity contribution in [1.29, 1.82) is 5.26 Å². The van der Waals surface area contributed by atoms with Gasteiger partial charge in [0.25, 0.3) is 0 Å². The fraction of sp³-hybridized carbons (Fsp3) is 0.833. The number of nitrogens with one attached hydrogen (secondary N) is 1. The predicted octanol–water partition coefficient (Wildman–Crippen LogP) is -0.553. The molecule has 9 heavy (non-hydrogen) atoms. The Balaban J connectivity index is 2.31. The van der Waals surface area contributed by atoms with E-state index in [1.165, 1.54) is 0 Å². The standard InChI is InChI=1S/C6H11N3/c7-2-5-1-6(3-8)9-4-5/h5-6,9H,1,3-4,8H2/t5-,6-/m1/s1. The predicted molar refractivity (Wildman–Crippen MR) is 34.6 cm³/mol. The molecule has 0 radical (unpaired) electrons. The maximum absolute atomic E-state index is 8.45. The van der Waals surface area contributed by atoms with Crippen molar-refractivity contribution in [2.45, 2.75) is 12.5 Å². The summed E-state index contributed by atoms with van der Waals surface area (Å²) in [4.78, 5) is 0. The minimum absolute atomic E-state index is 0.193. The third-order valence-corrected chi connectivity index (χ3v) is 1.69. The molecule has 1 aliphatic rings. The van der Waals surface area contributed by atoms with E-state index in [9.17, 15) is 0 Å². The van der Waals surface area contributed by atoms with E-state index in [4.69, 9.17) is 11.0 Å². The van der Waals surface area contributed by atoms with Crippen molar-refractivity contribution < 1.29 is 0 Å². The molecule has 3 heteroatoms. The Morgan fingerprint density at radius 3 is 2.89 bits per heavy atom. The maximum atomic E-state index is 8.45. The Hall–Kier alpha value is -0.590. The van der Waals surface area contributed by atoms with Crippen LogP contribution in [0, 0.1) is 17.2 Å². The number of nitrogens with two attached hydrogens (primary N) is 1. The zero-order valence-electron chi connectivity index (χ0n) is 5.30. The summed E-state index contributed by atoms with van der Waals surface area (Å²) in [6.45, 7) is 1.47. The molecule has 50 valence electrons. The van der Waals surface area contributed by atoms with Gasteiger partial charge in [-0.25, -0.2) is 0 Å². The van der Waals surface area contributed by atoms with E-state index in [1.807, 2.05) is 0 Å². The highest BCUT2D eigenvalue weighted by molar-refractivity contribution is 4.93. The average molecular weight is 125 g/mol. The van der Waals surface area contributed by atoms with E-state index in [0.29, 0.717) is 12.6 Å². The zero-order valence-corrected chi connectivity index (χ0v) is 5.30. The van der Waals surface area contributed by atoms with Gasteiger partial charge in [-0.05, 0) is 6.42 Å². The third-order valence-electron chi connectivity index (χ3n) is 1.69. The van der Waals surface area contributed by atoms with Gasteiger partial charge in [0, 0.05) is 19.1 Å². The highest BCUT2D eigenvalue weighted by atomic mass is 15.0. The van der Waals surface area contributed by atoms with Crippen molar-refractivity contribution in [2.75, 3.05) is 13.1 Å². The van der Waals surface area contributed by atoms with Crippen molar-refractivity contribution in [1.82, 2.24) is 5.32 Å². The molecule has 3 nitrogen and oxygen atoms in total. The molecule has 0 aromatic heterocycles. The Morgan fingerprint density at radius 2 is 2.56 bits per heavy atom. The first-order valence-electron chi connectivity index (χ1n) is 3.20. The van der Waals surface area contributed by atoms with Crippen LogP contribution in [-0.2, 0) is 0 Å². The fourth-order valence-electron chi connectivity index (χ4n) is 1.10. The summed E-state index contributed by atoms with van der Waals surface area (Å²) < 4.78 is 0. The molecule has 1 heterocycles. The zero-order chi connectivity index (χ0) is 6.69. The monoisotopic (exact) mass is 125 g/mol. The van der Waals surface area contributed by atoms with Gasteiger partial charge in [0.15, 0.2) is 0 Å². The van der Waals surface area contributed by atoms with E-state index < -0.39 is 0 Å². The molecule has 3 N–H and O–H groups in total. The van der Waals surface area contributed by atoms with Crippen molar-refractivity contribution >= 4 is 0 Å². The summed E-state index contributed by atoms with van der Waals surface area (Å²) in [5, 5.41) is 11.6. The summed E-state index contributed by atoms with van der Waals surface area (Å²) in [6, 6.07) is 2.59. The van der Waals surface area contributed by atoms with Crippen molar-refractivity contribution in [2.24, 2.45) is 11.7 Å². The van der Waals surface area contributed by atoms with Gasteiger partial charge in [-0.3, -0.25) is 0 Å². The lowest BCUT2D eigenvalue weighted by Crippen LogP contribution is -2.29. The molecule has 0 saturated carbocycles. The largest absolute Gasteiger partial charge is 0.329 e. The Kier molecular flexibility index (Phi) is 2.04. The van der Waals surface area contributed by atoms with Crippen LogP contribution in [0.3, 0.4) is 0 Å². The molecular formula is C6H11N3. The molecular weight excluding hydrogens is 114 g/mol. The van der Waals surface area contributed by atoms with Crippen LogP contribution in [0.2, 0.25) is 0 Å². The van der Waals surface area contributed by atoms with Gasteiger partial charge >= 0.3 is 0 Å². The highest BCUT2D eigenvalue weighted by Crippen LogP contribution is 2.10. The number of hydrogen-bond donors (Lipinski definition) is 2. The first kappa shape index (κ1) is 6.53. The number of nitrogens with zero attached hydrogens (tertiary/aromatic N) is 1. The van der Waals surface area contributed by atoms with Crippen molar-refractivity contribution in [3.05, 3.63) is 0 Å². The first-order chi connectivity index (χ1) is 4.36. The molecule has 0 unspecified atom stereocenters. The fourth-order valence-corrected chi connectivity index (χ4v) is 1.10. The minimum Gasteiger partial charge on any atom is -0.329 e. The smallest absolute Gasteiger partial charge is 0.0669 e. The van der Waals surface area contributed by atoms with Gasteiger partial charge in [0.05, 0.1) is 12.0 Å². The Bertz CT molecular complexity index is 127. The maximum Gasteiger partial charge on any atom is 0.0669 e. The van der Waals surface area contributed by atoms with Crippen molar-refractivity contribution in [3.8, 4) is 6.07 Å². The van der Waals surface area contributed by atoms with Crippen LogP contribution in [0.15, 0.2) is 0 Å². The van der Waals surface area contributed by atoms with E-state index >= 15 is 0 Å². The van der Waals surface area contributed by atoms with Crippen LogP contribution in [0.4, 0.5) is 0 Å². The van der Waals surface area contributed by atoms with E-state index in [1.54, 1.807) is 0 Å². The summed E-state index contributed by atoms with van der Waals surface area (Å²) in [5.74, 6) is 0.193. The van der Waals surface area contributed by atoms with Gasteiger partial charge in [-0.2, -0.15) is 5.26 Å². The topological polar surface area (TPSA) is 61.8 Å². The van der Waals surface area contributed by atoms with Crippen LogP contribution in [-0.4, -0.2) is 19.1 Å². The average Bonchev–Trinajstić information content (AvgIpc) is 2.34. The van der Waals surface area contributed by atoms with Crippen LogP contribution >= 0.6 is 0 Å². The van der Waals surface area contributed by atoms with Crippen molar-refractivity contribution in [3.63, 3.8) is 0 Å². The molecule has 1 rings (SSSR count). The normalized spacial score (nSPS) is 34.2. The lowest BCUT2D eigenvalue weighted by atomic mass is 10.1. The summed E-state index contributed by atoms with van der Waals surface area (Å²) in [5.41, 5.74) is 5.38. The van der Waals surface area contributed by atoms with Crippen LogP contribution < -0.4 is 11.1 Å². The van der Waals surface area contributed by atoms with Gasteiger partial charge in [-0.15, -0.1) is 0 Å². The first-order valence-corrected chi connectivity index (χ1v) is 3.20. The van der Waals surface area contributed by atoms with Crippen LogP contribution in [0.5, 0.6) is 0 Å². The van der Waals surface area contributed by atoms with Gasteiger partial charge < -0.3 is 11.1 Å². The molecule has 0 bridgehead atoms. The van der Waals surface area contributed by atoms with E-state index in [-0.39, 0.29) is 5.92 Å². The lowest BCUT2D eigenvalue weighted by molar-refractivity contribution is 0.609. The Labute approximate surface area is 54.8 Å². The van der Waals surface area contributed by atoms with Crippen LogP contribution in [0.25, 0.3) is 0 Å². The summed E-state index contributed by atoms with van der Waals surface area (Å²) in [7, 11) is 0. The molecule has 0 aliphatic carbocycles. The number of rotatable bonds is 1. The highest BCUT2D eigenvalue weighted by Gasteiger charge is 2.21. The third kappa shape index (κ3) is 1.41. The van der Waals surface area contributed by atoms with Gasteiger partial charge in [0.1, 0.15) is 0 Å². The molecule has 1 saturated heterocycles. The van der Waals surface area contributed by atoms with E-state index in [0.717, 1.165) is 13.0 Å². The lowest BCUT2D eigenvalue weighted by Gasteiger charge is -2.02. The molecule has 0 spiro atoms. The second-order valence-corrected chi connectivity index (χ2v) is 2.40. The Morgan fingerprint density at radius 1 is 1.78 bits per heavy atom.